The molecule has 0 aromatic heterocycles. The van der Waals surface area contributed by atoms with E-state index in [2.05, 4.69) is 5.32 Å². The van der Waals surface area contributed by atoms with Crippen molar-refractivity contribution in [1.82, 2.24) is 5.32 Å². The maximum Gasteiger partial charge on any atom is 0.262 e. The Hall–Kier alpha value is -0.990. The van der Waals surface area contributed by atoms with E-state index >= 15 is 0 Å². The molecule has 0 aromatic rings. The number of ether oxygens (including phenoxy) is 1. The zero-order valence-electron chi connectivity index (χ0n) is 7.10. The smallest absolute Gasteiger partial charge is 0.262 e. The van der Waals surface area contributed by atoms with Crippen molar-refractivity contribution in [1.29, 1.82) is 0 Å². The highest BCUT2D eigenvalue weighted by Crippen LogP contribution is 2.23. The van der Waals surface area contributed by atoms with Crippen molar-refractivity contribution in [3.8, 4) is 0 Å². The Morgan fingerprint density at radius 3 is 2.55 bits per heavy atom. The Morgan fingerprint density at radius 2 is 2.18 bits per heavy atom. The molecule has 1 aliphatic heterocycles. The van der Waals surface area contributed by atoms with Crippen LogP contribution in [-0.4, -0.2) is 12.5 Å². The van der Waals surface area contributed by atoms with Crippen molar-refractivity contribution in [2.45, 2.75) is 20.8 Å². The number of carbonyl (C=O) groups is 1. The summed E-state index contributed by atoms with van der Waals surface area (Å²) in [6, 6.07) is 0. The summed E-state index contributed by atoms with van der Waals surface area (Å²) in [6.45, 7) is 6.20. The molecule has 1 rings (SSSR count). The first-order valence-electron chi connectivity index (χ1n) is 3.62. The van der Waals surface area contributed by atoms with E-state index in [-0.39, 0.29) is 17.9 Å². The van der Waals surface area contributed by atoms with Crippen molar-refractivity contribution < 1.29 is 9.53 Å². The van der Waals surface area contributed by atoms with Gasteiger partial charge in [0.2, 0.25) is 0 Å². The average molecular weight is 155 g/mol. The van der Waals surface area contributed by atoms with Gasteiger partial charge in [-0.2, -0.15) is 0 Å². The van der Waals surface area contributed by atoms with Crippen molar-refractivity contribution >= 4 is 5.91 Å². The molecule has 0 radical (unpaired) electrons. The Kier molecular flexibility index (Phi) is 1.89. The summed E-state index contributed by atoms with van der Waals surface area (Å²) in [4.78, 5) is 10.8. The molecule has 3 heteroatoms. The van der Waals surface area contributed by atoms with Gasteiger partial charge in [0.25, 0.3) is 5.91 Å². The largest absolute Gasteiger partial charge is 0.490 e. The molecule has 3 nitrogen and oxygen atoms in total. The average Bonchev–Trinajstić information content (AvgIpc) is 1.86. The molecular weight excluding hydrogens is 142 g/mol. The Morgan fingerprint density at radius 1 is 1.55 bits per heavy atom. The minimum absolute atomic E-state index is 0.0456. The van der Waals surface area contributed by atoms with E-state index in [1.54, 1.807) is 6.26 Å². The first kappa shape index (κ1) is 8.11. The Balaban J connectivity index is 2.73. The standard InChI is InChI=1S/C8H13NO2/c1-8(2,3)6-4-11-5-7(10)9-6/h4H,5H2,1-3H3,(H,9,10). The number of hydrogen-bond acceptors (Lipinski definition) is 2. The second-order valence-electron chi connectivity index (χ2n) is 3.64. The second-order valence-corrected chi connectivity index (χ2v) is 3.64. The fourth-order valence-corrected chi connectivity index (χ4v) is 0.781. The third-order valence-corrected chi connectivity index (χ3v) is 1.50. The lowest BCUT2D eigenvalue weighted by molar-refractivity contribution is -0.124. The summed E-state index contributed by atoms with van der Waals surface area (Å²) in [7, 11) is 0. The molecule has 0 unspecified atom stereocenters. The van der Waals surface area contributed by atoms with E-state index in [4.69, 9.17) is 4.74 Å². The zero-order chi connectivity index (χ0) is 8.48. The molecule has 1 N–H and O–H groups in total. The monoisotopic (exact) mass is 155 g/mol. The van der Waals surface area contributed by atoms with Gasteiger partial charge in [-0.3, -0.25) is 4.79 Å². The van der Waals surface area contributed by atoms with Gasteiger partial charge in [-0.1, -0.05) is 20.8 Å². The maximum absolute atomic E-state index is 10.8. The summed E-state index contributed by atoms with van der Waals surface area (Å²) in [5.41, 5.74) is 0.796. The number of nitrogens with one attached hydrogen (secondary N) is 1. The molecular formula is C8H13NO2. The van der Waals surface area contributed by atoms with Crippen molar-refractivity contribution in [2.75, 3.05) is 6.61 Å². The highest BCUT2D eigenvalue weighted by molar-refractivity contribution is 5.80. The summed E-state index contributed by atoms with van der Waals surface area (Å²) in [5.74, 6) is -0.0718. The molecule has 0 saturated heterocycles. The lowest BCUT2D eigenvalue weighted by atomic mass is 9.92. The SMILES string of the molecule is CC(C)(C)C1=COCC(=O)N1. The number of carbonyl (C=O) groups excluding carboxylic acids is 1. The molecule has 0 aliphatic carbocycles. The lowest BCUT2D eigenvalue weighted by Crippen LogP contribution is -2.35. The quantitative estimate of drug-likeness (QED) is 0.567. The van der Waals surface area contributed by atoms with E-state index < -0.39 is 0 Å². The van der Waals surface area contributed by atoms with Crippen LogP contribution in [0.15, 0.2) is 12.0 Å². The van der Waals surface area contributed by atoms with Crippen LogP contribution in [0.2, 0.25) is 0 Å². The van der Waals surface area contributed by atoms with Gasteiger partial charge < -0.3 is 10.1 Å². The minimum atomic E-state index is -0.0718. The van der Waals surface area contributed by atoms with Crippen LogP contribution in [-0.2, 0) is 9.53 Å². The maximum atomic E-state index is 10.8. The second kappa shape index (κ2) is 2.57. The third kappa shape index (κ3) is 1.97. The van der Waals surface area contributed by atoms with Gasteiger partial charge in [0, 0.05) is 5.41 Å². The van der Waals surface area contributed by atoms with Crippen molar-refractivity contribution in [3.63, 3.8) is 0 Å². The fourth-order valence-electron chi connectivity index (χ4n) is 0.781. The normalized spacial score (nSPS) is 18.5. The molecule has 1 amide bonds. The fraction of sp³-hybridized carbons (Fsp3) is 0.625. The predicted octanol–water partition coefficient (Wildman–Crippen LogP) is 1.02. The van der Waals surface area contributed by atoms with Crippen LogP contribution < -0.4 is 5.32 Å². The minimum Gasteiger partial charge on any atom is -0.490 e. The van der Waals surface area contributed by atoms with Crippen molar-refractivity contribution in [2.24, 2.45) is 5.41 Å². The summed E-state index contributed by atoms with van der Waals surface area (Å²) in [5, 5.41) is 2.75. The van der Waals surface area contributed by atoms with Crippen LogP contribution >= 0.6 is 0 Å². The van der Waals surface area contributed by atoms with Gasteiger partial charge in [0.15, 0.2) is 6.61 Å². The molecule has 0 saturated carbocycles. The number of hydrogen-bond donors (Lipinski definition) is 1. The van der Waals surface area contributed by atoms with Gasteiger partial charge >= 0.3 is 0 Å². The van der Waals surface area contributed by atoms with Gasteiger partial charge in [-0.25, -0.2) is 0 Å². The highest BCUT2D eigenvalue weighted by atomic mass is 16.5. The Labute approximate surface area is 66.4 Å². The van der Waals surface area contributed by atoms with Gasteiger partial charge in [-0.05, 0) is 0 Å². The van der Waals surface area contributed by atoms with Crippen LogP contribution in [0.4, 0.5) is 0 Å². The predicted molar refractivity (Wildman–Crippen MR) is 41.6 cm³/mol. The van der Waals surface area contributed by atoms with E-state index in [1.165, 1.54) is 0 Å². The zero-order valence-corrected chi connectivity index (χ0v) is 7.10. The van der Waals surface area contributed by atoms with Crippen molar-refractivity contribution in [3.05, 3.63) is 12.0 Å². The lowest BCUT2D eigenvalue weighted by Gasteiger charge is -2.25. The van der Waals surface area contributed by atoms with E-state index in [1.807, 2.05) is 20.8 Å². The molecule has 1 heterocycles. The molecule has 0 spiro atoms. The molecule has 0 fully saturated rings. The first-order chi connectivity index (χ1) is 5.00. The third-order valence-electron chi connectivity index (χ3n) is 1.50. The van der Waals surface area contributed by atoms with Gasteiger partial charge in [0.1, 0.15) is 6.26 Å². The molecule has 11 heavy (non-hydrogen) atoms. The first-order valence-corrected chi connectivity index (χ1v) is 3.62. The number of rotatable bonds is 0. The highest BCUT2D eigenvalue weighted by Gasteiger charge is 2.22. The molecule has 1 aliphatic rings. The van der Waals surface area contributed by atoms with E-state index in [0.717, 1.165) is 5.70 Å². The van der Waals surface area contributed by atoms with Crippen LogP contribution in [0.1, 0.15) is 20.8 Å². The van der Waals surface area contributed by atoms with Crippen LogP contribution in [0.25, 0.3) is 0 Å². The van der Waals surface area contributed by atoms with E-state index in [9.17, 15) is 4.79 Å². The van der Waals surface area contributed by atoms with Crippen LogP contribution in [0.3, 0.4) is 0 Å². The Bertz CT molecular complexity index is 201. The summed E-state index contributed by atoms with van der Waals surface area (Å²) in [6.07, 6.45) is 1.61. The molecule has 0 aromatic carbocycles. The topological polar surface area (TPSA) is 38.3 Å². The molecule has 62 valence electrons. The number of amides is 1. The molecule has 0 atom stereocenters. The van der Waals surface area contributed by atoms with Gasteiger partial charge in [0.05, 0.1) is 5.70 Å². The van der Waals surface area contributed by atoms with Crippen LogP contribution in [0.5, 0.6) is 0 Å². The van der Waals surface area contributed by atoms with E-state index in [0.29, 0.717) is 0 Å². The number of allylic oxidation sites excluding steroid dienone is 1. The van der Waals surface area contributed by atoms with Gasteiger partial charge in [-0.15, -0.1) is 0 Å². The molecule has 0 bridgehead atoms. The summed E-state index contributed by atoms with van der Waals surface area (Å²) < 4.78 is 4.95. The summed E-state index contributed by atoms with van der Waals surface area (Å²) >= 11 is 0. The van der Waals surface area contributed by atoms with Crippen LogP contribution in [0, 0.1) is 5.41 Å².